The summed E-state index contributed by atoms with van der Waals surface area (Å²) in [5, 5.41) is 9.46. The lowest BCUT2D eigenvalue weighted by Crippen LogP contribution is -2.37. The predicted octanol–water partition coefficient (Wildman–Crippen LogP) is 1.89. The van der Waals surface area contributed by atoms with E-state index in [1.165, 1.54) is 0 Å². The van der Waals surface area contributed by atoms with Gasteiger partial charge in [-0.3, -0.25) is 0 Å². The highest BCUT2D eigenvalue weighted by Crippen LogP contribution is 2.22. The lowest BCUT2D eigenvalue weighted by atomic mass is 10.2. The Morgan fingerprint density at radius 1 is 1.67 bits per heavy atom. The summed E-state index contributed by atoms with van der Waals surface area (Å²) in [4.78, 5) is 6.56. The van der Waals surface area contributed by atoms with Crippen molar-refractivity contribution in [3.05, 3.63) is 23.9 Å². The minimum absolute atomic E-state index is 0.645. The molecular formula is C11H13N3S. The average molecular weight is 219 g/mol. The fourth-order valence-electron chi connectivity index (χ4n) is 1.69. The molecule has 0 amide bonds. The maximum atomic E-state index is 8.81. The van der Waals surface area contributed by atoms with Crippen LogP contribution in [0.2, 0.25) is 0 Å². The summed E-state index contributed by atoms with van der Waals surface area (Å²) in [6.07, 6.45) is 1.71. The van der Waals surface area contributed by atoms with Crippen molar-refractivity contribution in [1.82, 2.24) is 4.98 Å². The molecule has 2 heterocycles. The molecule has 0 saturated carbocycles. The first kappa shape index (κ1) is 10.3. The first-order chi connectivity index (χ1) is 7.29. The van der Waals surface area contributed by atoms with Crippen molar-refractivity contribution in [3.8, 4) is 6.07 Å². The molecule has 0 unspecified atom stereocenters. The van der Waals surface area contributed by atoms with Crippen molar-refractivity contribution in [2.75, 3.05) is 23.7 Å². The van der Waals surface area contributed by atoms with Crippen LogP contribution >= 0.6 is 11.8 Å². The van der Waals surface area contributed by atoms with Gasteiger partial charge in [-0.2, -0.15) is 17.0 Å². The molecule has 1 fully saturated rings. The minimum Gasteiger partial charge on any atom is -0.355 e. The van der Waals surface area contributed by atoms with Crippen LogP contribution in [-0.4, -0.2) is 29.1 Å². The van der Waals surface area contributed by atoms with Gasteiger partial charge in [0.2, 0.25) is 0 Å². The second-order valence-corrected chi connectivity index (χ2v) is 5.19. The van der Waals surface area contributed by atoms with Crippen molar-refractivity contribution < 1.29 is 0 Å². The Bertz CT molecular complexity index is 386. The van der Waals surface area contributed by atoms with Crippen LogP contribution in [0.5, 0.6) is 0 Å². The number of hydrogen-bond donors (Lipinski definition) is 0. The van der Waals surface area contributed by atoms with Gasteiger partial charge in [0.1, 0.15) is 5.82 Å². The normalized spacial score (nSPS) is 21.1. The van der Waals surface area contributed by atoms with Crippen LogP contribution in [0.25, 0.3) is 0 Å². The van der Waals surface area contributed by atoms with E-state index in [2.05, 4.69) is 22.9 Å². The number of hydrogen-bond acceptors (Lipinski definition) is 4. The lowest BCUT2D eigenvalue weighted by Gasteiger charge is -2.31. The van der Waals surface area contributed by atoms with E-state index >= 15 is 0 Å². The number of nitrogens with zero attached hydrogens (tertiary/aromatic N) is 3. The van der Waals surface area contributed by atoms with Crippen molar-refractivity contribution >= 4 is 17.6 Å². The molecule has 1 atom stereocenters. The monoisotopic (exact) mass is 219 g/mol. The van der Waals surface area contributed by atoms with Gasteiger partial charge < -0.3 is 4.90 Å². The van der Waals surface area contributed by atoms with Gasteiger partial charge in [-0.05, 0) is 12.1 Å². The lowest BCUT2D eigenvalue weighted by molar-refractivity contribution is 0.770. The first-order valence-corrected chi connectivity index (χ1v) is 6.07. The van der Waals surface area contributed by atoms with Gasteiger partial charge in [0, 0.05) is 30.3 Å². The van der Waals surface area contributed by atoms with E-state index < -0.39 is 0 Å². The standard InChI is InChI=1S/C11H13N3S/c1-9-8-14(4-5-15-9)11-6-10(7-12)2-3-13-11/h2-3,6,9H,4-5,8H2,1H3/t9-/m1/s1. The molecule has 1 aliphatic heterocycles. The molecule has 4 heteroatoms. The summed E-state index contributed by atoms with van der Waals surface area (Å²) in [6, 6.07) is 5.75. The van der Waals surface area contributed by atoms with E-state index in [0.717, 1.165) is 24.7 Å². The number of rotatable bonds is 1. The first-order valence-electron chi connectivity index (χ1n) is 5.02. The average Bonchev–Trinajstić information content (AvgIpc) is 2.29. The van der Waals surface area contributed by atoms with Gasteiger partial charge in [-0.1, -0.05) is 6.92 Å². The fourth-order valence-corrected chi connectivity index (χ4v) is 2.70. The molecule has 1 aromatic rings. The Morgan fingerprint density at radius 2 is 2.53 bits per heavy atom. The van der Waals surface area contributed by atoms with E-state index in [1.54, 1.807) is 12.3 Å². The van der Waals surface area contributed by atoms with Crippen molar-refractivity contribution in [2.24, 2.45) is 0 Å². The third kappa shape index (κ3) is 2.42. The fraction of sp³-hybridized carbons (Fsp3) is 0.455. The third-order valence-electron chi connectivity index (χ3n) is 2.44. The largest absolute Gasteiger partial charge is 0.355 e. The van der Waals surface area contributed by atoms with Crippen LogP contribution in [-0.2, 0) is 0 Å². The van der Waals surface area contributed by atoms with E-state index in [9.17, 15) is 0 Å². The number of thioether (sulfide) groups is 1. The maximum Gasteiger partial charge on any atom is 0.129 e. The van der Waals surface area contributed by atoms with Crippen LogP contribution in [0, 0.1) is 11.3 Å². The molecule has 78 valence electrons. The number of pyridine rings is 1. The highest BCUT2D eigenvalue weighted by molar-refractivity contribution is 8.00. The van der Waals surface area contributed by atoms with E-state index in [1.807, 2.05) is 17.8 Å². The van der Waals surface area contributed by atoms with Gasteiger partial charge >= 0.3 is 0 Å². The zero-order valence-corrected chi connectivity index (χ0v) is 9.50. The Balaban J connectivity index is 2.18. The Labute approximate surface area is 94.1 Å². The topological polar surface area (TPSA) is 39.9 Å². The van der Waals surface area contributed by atoms with Crippen LogP contribution in [0.3, 0.4) is 0 Å². The van der Waals surface area contributed by atoms with E-state index in [0.29, 0.717) is 10.8 Å². The molecule has 0 radical (unpaired) electrons. The maximum absolute atomic E-state index is 8.81. The Hall–Kier alpha value is -1.21. The molecule has 0 spiro atoms. The van der Waals surface area contributed by atoms with Gasteiger partial charge in [-0.15, -0.1) is 0 Å². The number of nitriles is 1. The molecule has 0 aromatic carbocycles. The highest BCUT2D eigenvalue weighted by atomic mass is 32.2. The molecule has 3 nitrogen and oxygen atoms in total. The van der Waals surface area contributed by atoms with Crippen molar-refractivity contribution in [1.29, 1.82) is 5.26 Å². The van der Waals surface area contributed by atoms with Crippen LogP contribution in [0.1, 0.15) is 12.5 Å². The Morgan fingerprint density at radius 3 is 3.27 bits per heavy atom. The summed E-state index contributed by atoms with van der Waals surface area (Å²) in [5.74, 6) is 2.07. The smallest absolute Gasteiger partial charge is 0.129 e. The zero-order valence-electron chi connectivity index (χ0n) is 8.68. The number of aromatic nitrogens is 1. The Kier molecular flexibility index (Phi) is 3.12. The van der Waals surface area contributed by atoms with Crippen LogP contribution < -0.4 is 4.90 Å². The third-order valence-corrected chi connectivity index (χ3v) is 3.58. The second-order valence-electron chi connectivity index (χ2n) is 3.64. The van der Waals surface area contributed by atoms with E-state index in [4.69, 9.17) is 5.26 Å². The molecule has 0 N–H and O–H groups in total. The highest BCUT2D eigenvalue weighted by Gasteiger charge is 2.17. The summed E-state index contributed by atoms with van der Waals surface area (Å²) < 4.78 is 0. The van der Waals surface area contributed by atoms with Crippen LogP contribution in [0.4, 0.5) is 5.82 Å². The number of anilines is 1. The van der Waals surface area contributed by atoms with Crippen molar-refractivity contribution in [3.63, 3.8) is 0 Å². The molecule has 1 aliphatic rings. The van der Waals surface area contributed by atoms with E-state index in [-0.39, 0.29) is 0 Å². The SMILES string of the molecule is C[C@@H]1CN(c2cc(C#N)ccn2)CCS1. The quantitative estimate of drug-likeness (QED) is 0.723. The van der Waals surface area contributed by atoms with Crippen LogP contribution in [0.15, 0.2) is 18.3 Å². The molecule has 0 bridgehead atoms. The van der Waals surface area contributed by atoms with Crippen molar-refractivity contribution in [2.45, 2.75) is 12.2 Å². The molecule has 1 aromatic heterocycles. The molecular weight excluding hydrogens is 206 g/mol. The van der Waals surface area contributed by atoms with Gasteiger partial charge in [0.05, 0.1) is 11.6 Å². The minimum atomic E-state index is 0.645. The van der Waals surface area contributed by atoms with Gasteiger partial charge in [0.15, 0.2) is 0 Å². The van der Waals surface area contributed by atoms with Gasteiger partial charge in [0.25, 0.3) is 0 Å². The predicted molar refractivity (Wildman–Crippen MR) is 63.1 cm³/mol. The molecule has 2 rings (SSSR count). The summed E-state index contributed by atoms with van der Waals surface area (Å²) in [6.45, 7) is 4.27. The summed E-state index contributed by atoms with van der Waals surface area (Å²) >= 11 is 1.99. The zero-order chi connectivity index (χ0) is 10.7. The summed E-state index contributed by atoms with van der Waals surface area (Å²) in [7, 11) is 0. The molecule has 15 heavy (non-hydrogen) atoms. The second kappa shape index (κ2) is 4.54. The molecule has 1 saturated heterocycles. The summed E-state index contributed by atoms with van der Waals surface area (Å²) in [5.41, 5.74) is 0.686. The van der Waals surface area contributed by atoms with Gasteiger partial charge in [-0.25, -0.2) is 4.98 Å². The molecule has 0 aliphatic carbocycles.